The zero-order chi connectivity index (χ0) is 14.1. The van der Waals surface area contributed by atoms with Gasteiger partial charge in [-0.3, -0.25) is 20.2 Å². The molecular weight excluding hydrogens is 268 g/mol. The Labute approximate surface area is 101 Å². The van der Waals surface area contributed by atoms with Crippen molar-refractivity contribution in [2.24, 2.45) is 0 Å². The first-order valence-electron chi connectivity index (χ1n) is 4.39. The lowest BCUT2D eigenvalue weighted by Gasteiger charge is -2.05. The second-order valence-corrected chi connectivity index (χ2v) is 5.30. The van der Waals surface area contributed by atoms with E-state index < -0.39 is 41.7 Å². The molecule has 0 saturated heterocycles. The van der Waals surface area contributed by atoms with Crippen molar-refractivity contribution in [2.45, 2.75) is 4.90 Å². The van der Waals surface area contributed by atoms with Crippen molar-refractivity contribution >= 4 is 21.2 Å². The van der Waals surface area contributed by atoms with E-state index in [1.165, 1.54) is 0 Å². The Morgan fingerprint density at radius 1 is 1.11 bits per heavy atom. The molecule has 0 saturated carbocycles. The van der Waals surface area contributed by atoms with Crippen LogP contribution in [0.2, 0.25) is 0 Å². The third kappa shape index (κ3) is 2.53. The van der Waals surface area contributed by atoms with Crippen LogP contribution in [0.25, 0.3) is 0 Å². The molecule has 1 aromatic carbocycles. The molecule has 1 aromatic rings. The summed E-state index contributed by atoms with van der Waals surface area (Å²) in [7, 11) is -2.78. The van der Waals surface area contributed by atoms with E-state index in [1.807, 2.05) is 0 Å². The topological polar surface area (TPSA) is 130 Å². The van der Waals surface area contributed by atoms with Gasteiger partial charge in [0.25, 0.3) is 5.75 Å². The zero-order valence-electron chi connectivity index (χ0n) is 9.32. The molecule has 0 bridgehead atoms. The highest BCUT2D eigenvalue weighted by Gasteiger charge is 2.30. The second-order valence-electron chi connectivity index (χ2n) is 3.28. The molecule has 0 unspecified atom stereocenters. The van der Waals surface area contributed by atoms with Gasteiger partial charge < -0.3 is 4.74 Å². The number of nitrogens with zero attached hydrogens (tertiary/aromatic N) is 2. The van der Waals surface area contributed by atoms with Gasteiger partial charge in [0.05, 0.1) is 21.9 Å². The first-order valence-corrected chi connectivity index (χ1v) is 6.28. The van der Waals surface area contributed by atoms with E-state index >= 15 is 0 Å². The van der Waals surface area contributed by atoms with Crippen molar-refractivity contribution in [1.29, 1.82) is 0 Å². The van der Waals surface area contributed by atoms with Gasteiger partial charge in [-0.15, -0.1) is 0 Å². The number of methoxy groups -OCH3 is 1. The smallest absolute Gasteiger partial charge is 0.319 e. The summed E-state index contributed by atoms with van der Waals surface area (Å²) in [6.45, 7) is 0. The van der Waals surface area contributed by atoms with Crippen LogP contribution in [0.3, 0.4) is 0 Å². The minimum atomic E-state index is -3.80. The number of hydrogen-bond acceptors (Lipinski definition) is 7. The average molecular weight is 276 g/mol. The third-order valence-corrected chi connectivity index (χ3v) is 3.14. The molecule has 9 nitrogen and oxygen atoms in total. The van der Waals surface area contributed by atoms with Crippen LogP contribution in [0, 0.1) is 20.2 Å². The van der Waals surface area contributed by atoms with E-state index in [2.05, 4.69) is 4.74 Å². The summed E-state index contributed by atoms with van der Waals surface area (Å²) < 4.78 is 27.2. The van der Waals surface area contributed by atoms with Crippen molar-refractivity contribution in [3.63, 3.8) is 0 Å². The maximum absolute atomic E-state index is 11.3. The molecular formula is C8H8N2O7S. The van der Waals surface area contributed by atoms with E-state index in [1.54, 1.807) is 0 Å². The van der Waals surface area contributed by atoms with Crippen molar-refractivity contribution < 1.29 is 23.0 Å². The number of benzene rings is 1. The zero-order valence-corrected chi connectivity index (χ0v) is 10.1. The average Bonchev–Trinajstić information content (AvgIpc) is 2.25. The summed E-state index contributed by atoms with van der Waals surface area (Å²) in [4.78, 5) is 19.1. The lowest BCUT2D eigenvalue weighted by molar-refractivity contribution is -0.396. The number of rotatable bonds is 4. The van der Waals surface area contributed by atoms with Crippen LogP contribution in [0.1, 0.15) is 0 Å². The quantitative estimate of drug-likeness (QED) is 0.590. The van der Waals surface area contributed by atoms with Crippen LogP contribution >= 0.6 is 0 Å². The molecule has 0 spiro atoms. The summed E-state index contributed by atoms with van der Waals surface area (Å²) in [6.07, 6.45) is 0.794. The number of sulfone groups is 1. The standard InChI is InChI=1S/C8H8N2O7S/c1-17-8-6(9(11)12)3-5(18(2,15)16)4-7(8)10(13)14/h3-4H,1-2H3. The molecule has 0 aliphatic rings. The lowest BCUT2D eigenvalue weighted by atomic mass is 10.2. The van der Waals surface area contributed by atoms with E-state index in [9.17, 15) is 28.6 Å². The first-order chi connectivity index (χ1) is 8.18. The molecule has 10 heteroatoms. The van der Waals surface area contributed by atoms with Crippen LogP contribution in [0.5, 0.6) is 5.75 Å². The van der Waals surface area contributed by atoms with Crippen LogP contribution in [0.4, 0.5) is 11.4 Å². The molecule has 0 heterocycles. The Kier molecular flexibility index (Phi) is 3.51. The van der Waals surface area contributed by atoms with Crippen molar-refractivity contribution in [1.82, 2.24) is 0 Å². The minimum Gasteiger partial charge on any atom is -0.485 e. The lowest BCUT2D eigenvalue weighted by Crippen LogP contribution is -2.04. The Balaban J connectivity index is 3.76. The number of nitro benzene ring substituents is 2. The Morgan fingerprint density at radius 3 is 1.72 bits per heavy atom. The van der Waals surface area contributed by atoms with Gasteiger partial charge >= 0.3 is 11.4 Å². The predicted molar refractivity (Wildman–Crippen MR) is 59.4 cm³/mol. The molecule has 0 radical (unpaired) electrons. The van der Waals surface area contributed by atoms with Gasteiger partial charge in [-0.2, -0.15) is 0 Å². The van der Waals surface area contributed by atoms with Gasteiger partial charge in [0.1, 0.15) is 0 Å². The van der Waals surface area contributed by atoms with Crippen molar-refractivity contribution in [3.05, 3.63) is 32.4 Å². The van der Waals surface area contributed by atoms with E-state index in [0.717, 1.165) is 25.5 Å². The third-order valence-electron chi connectivity index (χ3n) is 2.05. The molecule has 0 fully saturated rings. The van der Waals surface area contributed by atoms with Gasteiger partial charge in [-0.25, -0.2) is 8.42 Å². The molecule has 18 heavy (non-hydrogen) atoms. The summed E-state index contributed by atoms with van der Waals surface area (Å²) in [5.74, 6) is -0.586. The molecule has 0 aliphatic heterocycles. The maximum Gasteiger partial charge on any atom is 0.319 e. The second kappa shape index (κ2) is 4.56. The van der Waals surface area contributed by atoms with Gasteiger partial charge in [0.2, 0.25) is 0 Å². The molecule has 0 N–H and O–H groups in total. The van der Waals surface area contributed by atoms with Crippen molar-refractivity contribution in [2.75, 3.05) is 13.4 Å². The monoisotopic (exact) mass is 276 g/mol. The first kappa shape index (κ1) is 13.8. The van der Waals surface area contributed by atoms with E-state index in [0.29, 0.717) is 0 Å². The van der Waals surface area contributed by atoms with E-state index in [4.69, 9.17) is 0 Å². The van der Waals surface area contributed by atoms with Crippen molar-refractivity contribution in [3.8, 4) is 5.75 Å². The highest BCUT2D eigenvalue weighted by atomic mass is 32.2. The van der Waals surface area contributed by atoms with Gasteiger partial charge in [0, 0.05) is 18.4 Å². The summed E-state index contributed by atoms with van der Waals surface area (Å²) >= 11 is 0. The fourth-order valence-electron chi connectivity index (χ4n) is 1.27. The van der Waals surface area contributed by atoms with Crippen LogP contribution in [0.15, 0.2) is 17.0 Å². The number of nitro groups is 2. The highest BCUT2D eigenvalue weighted by Crippen LogP contribution is 2.38. The van der Waals surface area contributed by atoms with Gasteiger partial charge in [-0.05, 0) is 0 Å². The summed E-state index contributed by atoms with van der Waals surface area (Å²) in [5.41, 5.74) is -1.54. The van der Waals surface area contributed by atoms with Crippen LogP contribution < -0.4 is 4.74 Å². The highest BCUT2D eigenvalue weighted by molar-refractivity contribution is 7.90. The fraction of sp³-hybridized carbons (Fsp3) is 0.250. The summed E-state index contributed by atoms with van der Waals surface area (Å²) in [5, 5.41) is 21.5. The molecule has 1 rings (SSSR count). The Bertz CT molecular complexity index is 587. The molecule has 98 valence electrons. The fourth-order valence-corrected chi connectivity index (χ4v) is 1.92. The van der Waals surface area contributed by atoms with Gasteiger partial charge in [0.15, 0.2) is 9.84 Å². The van der Waals surface area contributed by atoms with Gasteiger partial charge in [-0.1, -0.05) is 0 Å². The molecule has 0 atom stereocenters. The largest absolute Gasteiger partial charge is 0.485 e. The predicted octanol–water partition coefficient (Wildman–Crippen LogP) is 0.915. The van der Waals surface area contributed by atoms with Crippen LogP contribution in [-0.2, 0) is 9.84 Å². The van der Waals surface area contributed by atoms with E-state index in [-0.39, 0.29) is 0 Å². The Morgan fingerprint density at radius 2 is 1.50 bits per heavy atom. The minimum absolute atomic E-state index is 0.512. The normalized spacial score (nSPS) is 11.0. The van der Waals surface area contributed by atoms with Crippen LogP contribution in [-0.4, -0.2) is 31.6 Å². The Hall–Kier alpha value is -2.23. The molecule has 0 amide bonds. The SMILES string of the molecule is COc1c([N+](=O)[O-])cc(S(C)(=O)=O)cc1[N+](=O)[O-]. The number of ether oxygens (including phenoxy) is 1. The maximum atomic E-state index is 11.3. The molecule has 0 aromatic heterocycles. The summed E-state index contributed by atoms with van der Waals surface area (Å²) in [6, 6.07) is 1.45. The number of hydrogen-bond donors (Lipinski definition) is 0. The molecule has 0 aliphatic carbocycles.